The molecule has 3 saturated heterocycles. The van der Waals surface area contributed by atoms with Gasteiger partial charge in [-0.1, -0.05) is 75.4 Å². The lowest BCUT2D eigenvalue weighted by atomic mass is 9.89. The Morgan fingerprint density at radius 2 is 1.92 bits per heavy atom. The summed E-state index contributed by atoms with van der Waals surface area (Å²) in [7, 11) is 0. The van der Waals surface area contributed by atoms with Gasteiger partial charge >= 0.3 is 12.1 Å². The monoisotopic (exact) mass is 710 g/mol. The Balaban J connectivity index is 1.22. The van der Waals surface area contributed by atoms with Crippen LogP contribution in [0.4, 0.5) is 4.79 Å². The average molecular weight is 711 g/mol. The summed E-state index contributed by atoms with van der Waals surface area (Å²) in [5.41, 5.74) is -1.41. The van der Waals surface area contributed by atoms with E-state index in [1.54, 1.807) is 55.2 Å². The third kappa shape index (κ3) is 10.5. The number of ether oxygens (including phenoxy) is 3. The van der Waals surface area contributed by atoms with Crippen LogP contribution in [0.25, 0.3) is 0 Å². The highest BCUT2D eigenvalue weighted by atomic mass is 16.6. The van der Waals surface area contributed by atoms with Crippen LogP contribution in [0, 0.1) is 11.8 Å². The summed E-state index contributed by atoms with van der Waals surface area (Å²) >= 11 is 0. The first-order valence-electron chi connectivity index (χ1n) is 18.6. The second-order valence-electron chi connectivity index (χ2n) is 15.6. The topological polar surface area (TPSA) is 153 Å². The summed E-state index contributed by atoms with van der Waals surface area (Å²) < 4.78 is 17.5. The van der Waals surface area contributed by atoms with Crippen LogP contribution in [0.1, 0.15) is 78.7 Å². The number of amides is 1. The molecule has 1 aromatic rings. The average Bonchev–Trinajstić information content (AvgIpc) is 3.53. The molecule has 0 aliphatic carbocycles. The molecule has 0 aromatic heterocycles. The van der Waals surface area contributed by atoms with Gasteiger partial charge in [0.15, 0.2) is 6.10 Å². The number of carbonyl (C=O) groups is 2. The number of rotatable bonds is 11. The molecule has 11 nitrogen and oxygen atoms in total. The summed E-state index contributed by atoms with van der Waals surface area (Å²) in [5, 5.41) is 43.3. The zero-order chi connectivity index (χ0) is 36.9. The molecule has 3 fully saturated rings. The largest absolute Gasteiger partial charge is 0.457 e. The number of piperazine rings is 1. The molecule has 2 bridgehead atoms. The molecule has 4 N–H and O–H groups in total. The Labute approximate surface area is 302 Å². The molecule has 0 spiro atoms. The molecular weight excluding hydrogens is 652 g/mol. The minimum absolute atomic E-state index is 0.0122. The number of aliphatic hydroxyl groups excluding tert-OH is 2. The molecule has 11 heteroatoms. The standard InChI is InChI=1S/C40H58N2O9/c1-6-32(44)27(3)37-34(50-37)22-39(4,47)18-11-10-14-33-26(2)15-16-35(40(5,48)19-17-31(43)21-36(45)49-33)51-38(46)42-25-29-20-30(42)24-41(29)23-28-12-8-7-9-13-28/h7-16,18,26-27,29-35,37,43-44,47-48H,6,17,19-25H2,1-5H3/b14-10+,16-15+,18-11+. The van der Waals surface area contributed by atoms with E-state index in [0.717, 1.165) is 19.5 Å². The van der Waals surface area contributed by atoms with Crippen LogP contribution in [0.3, 0.4) is 0 Å². The van der Waals surface area contributed by atoms with Crippen molar-refractivity contribution >= 4 is 12.1 Å². The smallest absolute Gasteiger partial charge is 0.410 e. The number of carbonyl (C=O) groups excluding carboxylic acids is 2. The SMILES string of the molecule is CCC(O)C(C)C1OC1CC(C)(O)/C=C/C=C/C1OC(=O)CC(O)CCC(C)(O)C(OC(=O)N2CC3CC2CN3Cc2ccccc2)/C=C/C1C. The van der Waals surface area contributed by atoms with Gasteiger partial charge in [0.05, 0.1) is 36.4 Å². The fraction of sp³-hybridized carbons (Fsp3) is 0.650. The maximum absolute atomic E-state index is 13.6. The Morgan fingerprint density at radius 3 is 2.61 bits per heavy atom. The van der Waals surface area contributed by atoms with E-state index in [1.165, 1.54) is 5.56 Å². The number of fused-ring (bicyclic) bond motifs is 2. The van der Waals surface area contributed by atoms with Crippen LogP contribution < -0.4 is 0 Å². The lowest BCUT2D eigenvalue weighted by Crippen LogP contribution is -2.51. The van der Waals surface area contributed by atoms with Crippen LogP contribution in [0.2, 0.25) is 0 Å². The van der Waals surface area contributed by atoms with Gasteiger partial charge in [0.1, 0.15) is 11.7 Å². The van der Waals surface area contributed by atoms with Crippen molar-refractivity contribution < 1.29 is 44.2 Å². The van der Waals surface area contributed by atoms with Gasteiger partial charge < -0.3 is 39.5 Å². The molecule has 4 aliphatic heterocycles. The van der Waals surface area contributed by atoms with Crippen molar-refractivity contribution in [3.63, 3.8) is 0 Å². The van der Waals surface area contributed by atoms with Crippen molar-refractivity contribution in [3.8, 4) is 0 Å². The number of cyclic esters (lactones) is 1. The van der Waals surface area contributed by atoms with E-state index in [2.05, 4.69) is 17.0 Å². The summed E-state index contributed by atoms with van der Waals surface area (Å²) in [6, 6.07) is 10.6. The highest BCUT2D eigenvalue weighted by Gasteiger charge is 2.48. The van der Waals surface area contributed by atoms with E-state index in [-0.39, 0.29) is 55.4 Å². The Morgan fingerprint density at radius 1 is 1.18 bits per heavy atom. The van der Waals surface area contributed by atoms with E-state index in [1.807, 2.05) is 39.0 Å². The molecule has 4 aliphatic rings. The van der Waals surface area contributed by atoms with Gasteiger partial charge in [-0.05, 0) is 57.2 Å². The van der Waals surface area contributed by atoms with E-state index in [9.17, 15) is 30.0 Å². The van der Waals surface area contributed by atoms with Gasteiger partial charge in [-0.15, -0.1) is 0 Å². The molecule has 4 heterocycles. The normalized spacial score (nSPS) is 36.3. The van der Waals surface area contributed by atoms with Gasteiger partial charge in [0, 0.05) is 50.0 Å². The minimum Gasteiger partial charge on any atom is -0.457 e. The maximum atomic E-state index is 13.6. The maximum Gasteiger partial charge on any atom is 0.410 e. The van der Waals surface area contributed by atoms with E-state index in [0.29, 0.717) is 19.4 Å². The summed E-state index contributed by atoms with van der Waals surface area (Å²) in [4.78, 5) is 30.5. The number of likely N-dealkylation sites (tertiary alicyclic amines) is 2. The Kier molecular flexibility index (Phi) is 12.8. The Hall–Kier alpha value is -3.06. The van der Waals surface area contributed by atoms with Gasteiger partial charge in [0.25, 0.3) is 0 Å². The second-order valence-corrected chi connectivity index (χ2v) is 15.6. The van der Waals surface area contributed by atoms with Crippen LogP contribution in [0.15, 0.2) is 66.8 Å². The van der Waals surface area contributed by atoms with E-state index >= 15 is 0 Å². The van der Waals surface area contributed by atoms with Gasteiger partial charge in [-0.25, -0.2) is 4.79 Å². The zero-order valence-electron chi connectivity index (χ0n) is 30.7. The number of allylic oxidation sites excluding steroid dienone is 2. The molecule has 282 valence electrons. The molecule has 12 atom stereocenters. The van der Waals surface area contributed by atoms with E-state index < -0.39 is 47.7 Å². The van der Waals surface area contributed by atoms with Gasteiger partial charge in [-0.2, -0.15) is 0 Å². The first kappa shape index (κ1) is 39.2. The van der Waals surface area contributed by atoms with Crippen LogP contribution in [0.5, 0.6) is 0 Å². The first-order valence-corrected chi connectivity index (χ1v) is 18.6. The predicted molar refractivity (Wildman–Crippen MR) is 192 cm³/mol. The molecule has 0 saturated carbocycles. The van der Waals surface area contributed by atoms with Gasteiger partial charge in [-0.3, -0.25) is 9.69 Å². The number of nitrogens with zero attached hydrogens (tertiary/aromatic N) is 2. The van der Waals surface area contributed by atoms with Crippen LogP contribution in [-0.2, 0) is 25.5 Å². The summed E-state index contributed by atoms with van der Waals surface area (Å²) in [5.74, 6) is -0.960. The lowest BCUT2D eigenvalue weighted by molar-refractivity contribution is -0.151. The highest BCUT2D eigenvalue weighted by Crippen LogP contribution is 2.38. The predicted octanol–water partition coefficient (Wildman–Crippen LogP) is 4.28. The van der Waals surface area contributed by atoms with Crippen molar-refractivity contribution in [2.24, 2.45) is 11.8 Å². The first-order chi connectivity index (χ1) is 24.2. The van der Waals surface area contributed by atoms with Crippen LogP contribution in [-0.4, -0.2) is 115 Å². The second kappa shape index (κ2) is 16.7. The van der Waals surface area contributed by atoms with Crippen molar-refractivity contribution in [3.05, 3.63) is 72.4 Å². The van der Waals surface area contributed by atoms with Crippen LogP contribution >= 0.6 is 0 Å². The number of esters is 1. The molecular formula is C40H58N2O9. The molecule has 1 aromatic carbocycles. The summed E-state index contributed by atoms with van der Waals surface area (Å²) in [6.07, 6.45) is 8.16. The van der Waals surface area contributed by atoms with Crippen molar-refractivity contribution in [2.75, 3.05) is 13.1 Å². The minimum atomic E-state index is -1.50. The fourth-order valence-corrected chi connectivity index (χ4v) is 7.62. The molecule has 51 heavy (non-hydrogen) atoms. The van der Waals surface area contributed by atoms with Crippen molar-refractivity contribution in [1.29, 1.82) is 0 Å². The number of hydrogen-bond acceptors (Lipinski definition) is 10. The number of epoxide rings is 1. The lowest BCUT2D eigenvalue weighted by Gasteiger charge is -2.37. The van der Waals surface area contributed by atoms with Crippen molar-refractivity contribution in [2.45, 2.75) is 140 Å². The number of benzene rings is 1. The van der Waals surface area contributed by atoms with Crippen molar-refractivity contribution in [1.82, 2.24) is 9.80 Å². The molecule has 12 unspecified atom stereocenters. The highest BCUT2D eigenvalue weighted by molar-refractivity contribution is 5.70. The Bertz CT molecular complexity index is 1410. The number of aliphatic hydroxyl groups is 4. The molecule has 0 radical (unpaired) electrons. The number of hydrogen-bond donors (Lipinski definition) is 4. The van der Waals surface area contributed by atoms with Gasteiger partial charge in [0.2, 0.25) is 0 Å². The summed E-state index contributed by atoms with van der Waals surface area (Å²) in [6.45, 7) is 11.2. The third-order valence-corrected chi connectivity index (χ3v) is 11.1. The quantitative estimate of drug-likeness (QED) is 0.113. The molecule has 5 rings (SSSR count). The van der Waals surface area contributed by atoms with E-state index in [4.69, 9.17) is 14.2 Å². The fourth-order valence-electron chi connectivity index (χ4n) is 7.62. The zero-order valence-corrected chi connectivity index (χ0v) is 30.7. The molecule has 1 amide bonds. The third-order valence-electron chi connectivity index (χ3n) is 11.1.